The normalized spacial score (nSPS) is 10.7. The maximum atomic E-state index is 10.7. The summed E-state index contributed by atoms with van der Waals surface area (Å²) in [6.07, 6.45) is 1.25. The average Bonchev–Trinajstić information content (AvgIpc) is 2.77. The number of aryl methyl sites for hydroxylation is 3. The first kappa shape index (κ1) is 23.3. The monoisotopic (exact) mass is 435 g/mol. The van der Waals surface area contributed by atoms with Crippen LogP contribution >= 0.6 is 0 Å². The van der Waals surface area contributed by atoms with E-state index in [1.54, 1.807) is 0 Å². The van der Waals surface area contributed by atoms with Crippen LogP contribution in [-0.2, 0) is 17.8 Å². The number of hydrogen-bond donors (Lipinski definition) is 2. The van der Waals surface area contributed by atoms with Gasteiger partial charge in [0.05, 0.1) is 12.3 Å². The Balaban J connectivity index is 1.67. The van der Waals surface area contributed by atoms with E-state index in [1.165, 1.54) is 0 Å². The molecule has 1 aromatic heterocycles. The van der Waals surface area contributed by atoms with Crippen molar-refractivity contribution in [1.82, 2.24) is 4.98 Å². The Hall–Kier alpha value is -3.38. The Kier molecular flexibility index (Phi) is 8.22. The number of carboxylic acid groups (broad SMARTS) is 1. The van der Waals surface area contributed by atoms with Gasteiger partial charge in [0.1, 0.15) is 12.4 Å². The molecule has 2 N–H and O–H groups in total. The van der Waals surface area contributed by atoms with Crippen LogP contribution in [0.4, 0.5) is 0 Å². The van der Waals surface area contributed by atoms with Crippen LogP contribution in [0.3, 0.4) is 0 Å². The van der Waals surface area contributed by atoms with Gasteiger partial charge in [0.2, 0.25) is 5.88 Å². The highest BCUT2D eigenvalue weighted by Gasteiger charge is 2.11. The second kappa shape index (κ2) is 11.3. The van der Waals surface area contributed by atoms with Gasteiger partial charge < -0.3 is 19.7 Å². The lowest BCUT2D eigenvalue weighted by molar-refractivity contribution is -0.136. The fourth-order valence-corrected chi connectivity index (χ4v) is 3.51. The minimum absolute atomic E-state index is 0.113. The van der Waals surface area contributed by atoms with Gasteiger partial charge in [0.25, 0.3) is 0 Å². The molecule has 2 aromatic carbocycles. The number of carboxylic acids is 1. The molecule has 0 spiro atoms. The molecule has 0 saturated carbocycles. The summed E-state index contributed by atoms with van der Waals surface area (Å²) in [5.74, 6) is 0.536. The molecule has 0 unspecified atom stereocenters. The number of rotatable bonds is 11. The van der Waals surface area contributed by atoms with Crippen LogP contribution in [0, 0.1) is 13.8 Å². The lowest BCUT2D eigenvalue weighted by Gasteiger charge is -2.14. The van der Waals surface area contributed by atoms with E-state index in [2.05, 4.69) is 4.98 Å². The Morgan fingerprint density at radius 3 is 2.31 bits per heavy atom. The lowest BCUT2D eigenvalue weighted by Crippen LogP contribution is -2.02. The van der Waals surface area contributed by atoms with Crippen LogP contribution in [0.5, 0.6) is 11.6 Å². The van der Waals surface area contributed by atoms with Gasteiger partial charge in [-0.1, -0.05) is 30.3 Å². The number of carbonyl (C=O) groups is 1. The van der Waals surface area contributed by atoms with Crippen LogP contribution in [0.25, 0.3) is 11.3 Å². The molecule has 0 amide bonds. The molecule has 1 heterocycles. The number of nitrogens with zero attached hydrogens (tertiary/aromatic N) is 1. The highest BCUT2D eigenvalue weighted by atomic mass is 16.5. The number of benzene rings is 2. The number of aliphatic hydroxyl groups excluding tert-OH is 1. The zero-order chi connectivity index (χ0) is 22.9. The molecule has 6 heteroatoms. The van der Waals surface area contributed by atoms with Crippen molar-refractivity contribution >= 4 is 5.97 Å². The average molecular weight is 436 g/mol. The zero-order valence-electron chi connectivity index (χ0n) is 18.5. The molecule has 3 aromatic rings. The molecular formula is C26H29NO5. The smallest absolute Gasteiger partial charge is 0.303 e. The van der Waals surface area contributed by atoms with E-state index in [4.69, 9.17) is 19.7 Å². The Morgan fingerprint density at radius 2 is 1.66 bits per heavy atom. The standard InChI is InChI=1S/C26H29NO5/c1-18-15-22(31-14-4-13-28)16-19(2)26(18)23-5-3-6-24(27-23)32-17-21-9-7-20(8-10-21)11-12-25(29)30/h3,5-10,15-16,28H,4,11-14,17H2,1-2H3,(H,29,30). The molecule has 168 valence electrons. The summed E-state index contributed by atoms with van der Waals surface area (Å²) in [5, 5.41) is 17.7. The molecule has 6 nitrogen and oxygen atoms in total. The summed E-state index contributed by atoms with van der Waals surface area (Å²) in [7, 11) is 0. The Bertz CT molecular complexity index is 1020. The largest absolute Gasteiger partial charge is 0.493 e. The van der Waals surface area contributed by atoms with E-state index in [9.17, 15) is 4.79 Å². The summed E-state index contributed by atoms with van der Waals surface area (Å²) in [5.41, 5.74) is 5.99. The van der Waals surface area contributed by atoms with Gasteiger partial charge in [-0.2, -0.15) is 0 Å². The van der Waals surface area contributed by atoms with Crippen molar-refractivity contribution < 1.29 is 24.5 Å². The van der Waals surface area contributed by atoms with Gasteiger partial charge in [-0.25, -0.2) is 4.98 Å². The maximum Gasteiger partial charge on any atom is 0.303 e. The van der Waals surface area contributed by atoms with Crippen LogP contribution in [0.15, 0.2) is 54.6 Å². The minimum Gasteiger partial charge on any atom is -0.493 e. The third-order valence-corrected chi connectivity index (χ3v) is 5.09. The molecule has 0 fully saturated rings. The number of pyridine rings is 1. The first-order chi connectivity index (χ1) is 15.5. The molecule has 0 aliphatic carbocycles. The van der Waals surface area contributed by atoms with Crippen molar-refractivity contribution in [3.05, 3.63) is 76.9 Å². The van der Waals surface area contributed by atoms with Crippen molar-refractivity contribution in [2.24, 2.45) is 0 Å². The van der Waals surface area contributed by atoms with E-state index < -0.39 is 5.97 Å². The summed E-state index contributed by atoms with van der Waals surface area (Å²) in [6.45, 7) is 5.04. The van der Waals surface area contributed by atoms with Gasteiger partial charge in [0.15, 0.2) is 0 Å². The number of aliphatic carboxylic acids is 1. The molecule has 0 aliphatic rings. The molecule has 0 atom stereocenters. The highest BCUT2D eigenvalue weighted by Crippen LogP contribution is 2.31. The van der Waals surface area contributed by atoms with Gasteiger partial charge in [-0.15, -0.1) is 0 Å². The van der Waals surface area contributed by atoms with E-state index in [1.807, 2.05) is 68.4 Å². The predicted octanol–water partition coefficient (Wildman–Crippen LogP) is 4.72. The molecule has 0 aliphatic heterocycles. The summed E-state index contributed by atoms with van der Waals surface area (Å²) >= 11 is 0. The SMILES string of the molecule is Cc1cc(OCCCO)cc(C)c1-c1cccc(OCc2ccc(CCC(=O)O)cc2)n1. The second-order valence-electron chi connectivity index (χ2n) is 7.72. The topological polar surface area (TPSA) is 88.9 Å². The Morgan fingerprint density at radius 1 is 0.969 bits per heavy atom. The minimum atomic E-state index is -0.794. The first-order valence-electron chi connectivity index (χ1n) is 10.7. The predicted molar refractivity (Wildman–Crippen MR) is 123 cm³/mol. The summed E-state index contributed by atoms with van der Waals surface area (Å²) in [6, 6.07) is 17.5. The highest BCUT2D eigenvalue weighted by molar-refractivity contribution is 5.69. The van der Waals surface area contributed by atoms with Crippen molar-refractivity contribution in [2.75, 3.05) is 13.2 Å². The number of aliphatic hydroxyl groups is 1. The summed E-state index contributed by atoms with van der Waals surface area (Å²) < 4.78 is 11.6. The molecule has 0 bridgehead atoms. The van der Waals surface area contributed by atoms with E-state index >= 15 is 0 Å². The van der Waals surface area contributed by atoms with E-state index in [0.717, 1.165) is 39.3 Å². The molecule has 0 saturated heterocycles. The number of aromatic nitrogens is 1. The van der Waals surface area contributed by atoms with Gasteiger partial charge in [-0.3, -0.25) is 4.79 Å². The molecule has 3 rings (SSSR count). The summed E-state index contributed by atoms with van der Waals surface area (Å²) in [4.78, 5) is 15.4. The third-order valence-electron chi connectivity index (χ3n) is 5.09. The first-order valence-corrected chi connectivity index (χ1v) is 10.7. The van der Waals surface area contributed by atoms with Gasteiger partial charge in [0, 0.05) is 31.1 Å². The van der Waals surface area contributed by atoms with Gasteiger partial charge >= 0.3 is 5.97 Å². The Labute approximate surface area is 188 Å². The zero-order valence-corrected chi connectivity index (χ0v) is 18.5. The van der Waals surface area contributed by atoms with Crippen molar-refractivity contribution in [3.63, 3.8) is 0 Å². The fraction of sp³-hybridized carbons (Fsp3) is 0.308. The van der Waals surface area contributed by atoms with E-state index in [-0.39, 0.29) is 13.0 Å². The fourth-order valence-electron chi connectivity index (χ4n) is 3.51. The van der Waals surface area contributed by atoms with E-state index in [0.29, 0.717) is 31.9 Å². The van der Waals surface area contributed by atoms with Crippen LogP contribution in [0.1, 0.15) is 35.1 Å². The van der Waals surface area contributed by atoms with Crippen LogP contribution < -0.4 is 9.47 Å². The van der Waals surface area contributed by atoms with Gasteiger partial charge in [-0.05, 0) is 60.7 Å². The molecule has 0 radical (unpaired) electrons. The maximum absolute atomic E-state index is 10.7. The van der Waals surface area contributed by atoms with Crippen molar-refractivity contribution in [1.29, 1.82) is 0 Å². The van der Waals surface area contributed by atoms with Crippen molar-refractivity contribution in [3.8, 4) is 22.9 Å². The number of ether oxygens (including phenoxy) is 2. The van der Waals surface area contributed by atoms with Crippen LogP contribution in [-0.4, -0.2) is 34.4 Å². The lowest BCUT2D eigenvalue weighted by atomic mass is 9.99. The third kappa shape index (κ3) is 6.56. The molecule has 32 heavy (non-hydrogen) atoms. The quantitative estimate of drug-likeness (QED) is 0.424. The number of hydrogen-bond acceptors (Lipinski definition) is 5. The van der Waals surface area contributed by atoms with Crippen molar-refractivity contribution in [2.45, 2.75) is 39.7 Å². The molecular weight excluding hydrogens is 406 g/mol. The second-order valence-corrected chi connectivity index (χ2v) is 7.72. The van der Waals surface area contributed by atoms with Crippen LogP contribution in [0.2, 0.25) is 0 Å².